The normalized spacial score (nSPS) is 14.2. The summed E-state index contributed by atoms with van der Waals surface area (Å²) in [7, 11) is 0. The minimum atomic E-state index is -0.831. The molecule has 5 heteroatoms. The van der Waals surface area contributed by atoms with Gasteiger partial charge in [-0.3, -0.25) is 9.59 Å². The minimum Gasteiger partial charge on any atom is -0.481 e. The summed E-state index contributed by atoms with van der Waals surface area (Å²) in [5, 5.41) is 14.4. The molecule has 0 aromatic heterocycles. The molecule has 0 heterocycles. The van der Waals surface area contributed by atoms with Crippen molar-refractivity contribution < 1.29 is 14.7 Å². The minimum absolute atomic E-state index is 0.0316. The Morgan fingerprint density at radius 1 is 1.25 bits per heavy atom. The van der Waals surface area contributed by atoms with Crippen molar-refractivity contribution in [3.05, 3.63) is 0 Å². The molecule has 3 N–H and O–H groups in total. The van der Waals surface area contributed by atoms with Crippen LogP contribution in [0, 0.1) is 5.92 Å². The van der Waals surface area contributed by atoms with E-state index in [1.807, 2.05) is 20.8 Å². The molecule has 0 aliphatic carbocycles. The summed E-state index contributed by atoms with van der Waals surface area (Å²) >= 11 is 0. The predicted octanol–water partition coefficient (Wildman–Crippen LogP) is 0.601. The lowest BCUT2D eigenvalue weighted by Gasteiger charge is -2.14. The van der Waals surface area contributed by atoms with Crippen LogP contribution in [0.5, 0.6) is 0 Å². The number of rotatable bonds is 8. The molecule has 0 fully saturated rings. The van der Waals surface area contributed by atoms with Gasteiger partial charge in [-0.2, -0.15) is 0 Å². The third-order valence-corrected chi connectivity index (χ3v) is 2.21. The zero-order chi connectivity index (χ0) is 12.6. The Balaban J connectivity index is 3.68. The number of hydrogen-bond acceptors (Lipinski definition) is 3. The molecular formula is C11H22N2O3. The van der Waals surface area contributed by atoms with Crippen LogP contribution in [-0.4, -0.2) is 36.1 Å². The maximum atomic E-state index is 11.4. The highest BCUT2D eigenvalue weighted by molar-refractivity contribution is 5.76. The van der Waals surface area contributed by atoms with Gasteiger partial charge in [0.1, 0.15) is 0 Å². The van der Waals surface area contributed by atoms with Gasteiger partial charge in [-0.05, 0) is 19.4 Å². The fourth-order valence-electron chi connectivity index (χ4n) is 1.43. The Hall–Kier alpha value is -1.10. The molecule has 2 unspecified atom stereocenters. The van der Waals surface area contributed by atoms with Crippen molar-refractivity contribution >= 4 is 11.9 Å². The number of carboxylic acid groups (broad SMARTS) is 1. The van der Waals surface area contributed by atoms with Gasteiger partial charge in [0.25, 0.3) is 0 Å². The highest BCUT2D eigenvalue weighted by atomic mass is 16.4. The first-order valence-electron chi connectivity index (χ1n) is 5.67. The Morgan fingerprint density at radius 2 is 1.88 bits per heavy atom. The highest BCUT2D eigenvalue weighted by Crippen LogP contribution is 1.99. The average Bonchev–Trinajstić information content (AvgIpc) is 2.14. The van der Waals surface area contributed by atoms with Gasteiger partial charge in [0, 0.05) is 25.4 Å². The van der Waals surface area contributed by atoms with Crippen LogP contribution in [0.15, 0.2) is 0 Å². The first kappa shape index (κ1) is 14.9. The zero-order valence-corrected chi connectivity index (χ0v) is 10.2. The summed E-state index contributed by atoms with van der Waals surface area (Å²) in [5.74, 6) is -0.899. The Labute approximate surface area is 96.6 Å². The van der Waals surface area contributed by atoms with Crippen LogP contribution in [0.4, 0.5) is 0 Å². The largest absolute Gasteiger partial charge is 0.481 e. The van der Waals surface area contributed by atoms with Gasteiger partial charge in [-0.1, -0.05) is 13.8 Å². The number of nitrogens with one attached hydrogen (secondary N) is 2. The first-order valence-corrected chi connectivity index (χ1v) is 5.67. The van der Waals surface area contributed by atoms with E-state index >= 15 is 0 Å². The lowest BCUT2D eigenvalue weighted by atomic mass is 10.1. The second-order valence-corrected chi connectivity index (χ2v) is 4.17. The molecule has 5 nitrogen and oxygen atoms in total. The fraction of sp³-hybridized carbons (Fsp3) is 0.818. The van der Waals surface area contributed by atoms with E-state index in [0.29, 0.717) is 13.0 Å². The van der Waals surface area contributed by atoms with Gasteiger partial charge >= 0.3 is 5.97 Å². The third-order valence-electron chi connectivity index (χ3n) is 2.21. The molecule has 0 aliphatic heterocycles. The number of carbonyl (C=O) groups is 2. The summed E-state index contributed by atoms with van der Waals surface area (Å²) < 4.78 is 0. The van der Waals surface area contributed by atoms with Crippen molar-refractivity contribution in [1.82, 2.24) is 10.6 Å². The van der Waals surface area contributed by atoms with Crippen molar-refractivity contribution in [2.24, 2.45) is 5.92 Å². The maximum Gasteiger partial charge on any atom is 0.303 e. The number of aliphatic carboxylic acids is 1. The lowest BCUT2D eigenvalue weighted by molar-refractivity contribution is -0.138. The van der Waals surface area contributed by atoms with E-state index in [1.54, 1.807) is 0 Å². The number of amides is 1. The van der Waals surface area contributed by atoms with Crippen LogP contribution < -0.4 is 10.6 Å². The van der Waals surface area contributed by atoms with Crippen molar-refractivity contribution in [3.8, 4) is 0 Å². The maximum absolute atomic E-state index is 11.4. The lowest BCUT2D eigenvalue weighted by Crippen LogP contribution is -2.35. The number of hydrogen-bond donors (Lipinski definition) is 3. The Kier molecular flexibility index (Phi) is 7.54. The molecular weight excluding hydrogens is 208 g/mol. The predicted molar refractivity (Wildman–Crippen MR) is 62.2 cm³/mol. The number of carbonyl (C=O) groups excluding carboxylic acids is 1. The van der Waals surface area contributed by atoms with Crippen LogP contribution in [0.2, 0.25) is 0 Å². The van der Waals surface area contributed by atoms with Crippen LogP contribution >= 0.6 is 0 Å². The van der Waals surface area contributed by atoms with Crippen LogP contribution in [0.3, 0.4) is 0 Å². The topological polar surface area (TPSA) is 78.4 Å². The summed E-state index contributed by atoms with van der Waals surface area (Å²) in [6.45, 7) is 7.00. The van der Waals surface area contributed by atoms with E-state index in [-0.39, 0.29) is 24.3 Å². The van der Waals surface area contributed by atoms with Gasteiger partial charge in [0.05, 0.1) is 0 Å². The molecule has 0 spiro atoms. The van der Waals surface area contributed by atoms with Crippen LogP contribution in [0.25, 0.3) is 0 Å². The van der Waals surface area contributed by atoms with Gasteiger partial charge in [-0.25, -0.2) is 0 Å². The first-order chi connectivity index (χ1) is 7.45. The molecule has 2 atom stereocenters. The molecule has 0 aromatic rings. The van der Waals surface area contributed by atoms with Crippen LogP contribution in [-0.2, 0) is 9.59 Å². The van der Waals surface area contributed by atoms with E-state index in [9.17, 15) is 9.59 Å². The van der Waals surface area contributed by atoms with Crippen molar-refractivity contribution in [1.29, 1.82) is 0 Å². The molecule has 94 valence electrons. The monoisotopic (exact) mass is 230 g/mol. The van der Waals surface area contributed by atoms with Crippen molar-refractivity contribution in [2.45, 2.75) is 39.7 Å². The van der Waals surface area contributed by atoms with E-state index in [0.717, 1.165) is 6.54 Å². The van der Waals surface area contributed by atoms with Gasteiger partial charge in [0.15, 0.2) is 0 Å². The second-order valence-electron chi connectivity index (χ2n) is 4.17. The van der Waals surface area contributed by atoms with E-state index in [2.05, 4.69) is 10.6 Å². The van der Waals surface area contributed by atoms with Gasteiger partial charge in [-0.15, -0.1) is 0 Å². The molecule has 0 radical (unpaired) electrons. The molecule has 0 saturated heterocycles. The van der Waals surface area contributed by atoms with Crippen LogP contribution in [0.1, 0.15) is 33.6 Å². The Morgan fingerprint density at radius 3 is 2.38 bits per heavy atom. The van der Waals surface area contributed by atoms with Crippen molar-refractivity contribution in [2.75, 3.05) is 13.1 Å². The SMILES string of the molecule is CCNC(C)CC(=O)NCC(C)CC(=O)O. The smallest absolute Gasteiger partial charge is 0.303 e. The molecule has 0 bridgehead atoms. The molecule has 0 saturated carbocycles. The quantitative estimate of drug-likeness (QED) is 0.570. The van der Waals surface area contributed by atoms with Crippen molar-refractivity contribution in [3.63, 3.8) is 0 Å². The van der Waals surface area contributed by atoms with E-state index in [4.69, 9.17) is 5.11 Å². The highest BCUT2D eigenvalue weighted by Gasteiger charge is 2.11. The Bertz CT molecular complexity index is 231. The molecule has 0 aliphatic rings. The third kappa shape index (κ3) is 8.23. The summed E-state index contributed by atoms with van der Waals surface area (Å²) in [5.41, 5.74) is 0. The molecule has 1 amide bonds. The molecule has 0 aromatic carbocycles. The van der Waals surface area contributed by atoms with Gasteiger partial charge < -0.3 is 15.7 Å². The summed E-state index contributed by atoms with van der Waals surface area (Å²) in [6, 6.07) is 0.153. The van der Waals surface area contributed by atoms with E-state index in [1.165, 1.54) is 0 Å². The van der Waals surface area contributed by atoms with Gasteiger partial charge in [0.2, 0.25) is 5.91 Å². The fourth-order valence-corrected chi connectivity index (χ4v) is 1.43. The van der Waals surface area contributed by atoms with E-state index < -0.39 is 5.97 Å². The number of carboxylic acids is 1. The molecule has 0 rings (SSSR count). The summed E-state index contributed by atoms with van der Waals surface area (Å²) in [6.07, 6.45) is 0.511. The molecule has 16 heavy (non-hydrogen) atoms. The standard InChI is InChI=1S/C11H22N2O3/c1-4-12-9(3)6-10(14)13-7-8(2)5-11(15)16/h8-9,12H,4-7H2,1-3H3,(H,13,14)(H,15,16). The summed E-state index contributed by atoms with van der Waals surface area (Å²) in [4.78, 5) is 21.8. The zero-order valence-electron chi connectivity index (χ0n) is 10.2. The average molecular weight is 230 g/mol. The second kappa shape index (κ2) is 8.10.